The van der Waals surface area contributed by atoms with Gasteiger partial charge in [-0.2, -0.15) is 0 Å². The van der Waals surface area contributed by atoms with E-state index in [9.17, 15) is 9.18 Å². The number of halogens is 1. The number of rotatable bonds is 7. The fourth-order valence-corrected chi connectivity index (χ4v) is 3.09. The Hall–Kier alpha value is -2.88. The van der Waals surface area contributed by atoms with E-state index in [-0.39, 0.29) is 29.7 Å². The van der Waals surface area contributed by atoms with Crippen LogP contribution in [0.4, 0.5) is 10.1 Å². The molecule has 0 aromatic heterocycles. The van der Waals surface area contributed by atoms with E-state index in [1.807, 2.05) is 12.1 Å². The Morgan fingerprint density at radius 2 is 1.87 bits per heavy atom. The van der Waals surface area contributed by atoms with E-state index in [1.54, 1.807) is 19.1 Å². The van der Waals surface area contributed by atoms with Crippen LogP contribution in [0.3, 0.4) is 0 Å². The maximum Gasteiger partial charge on any atom is 0.244 e. The molecule has 2 rings (SSSR count). The van der Waals surface area contributed by atoms with Gasteiger partial charge in [0.1, 0.15) is 5.82 Å². The standard InChI is InChI=1S/C26H33FN2O/c1-8-20-13-19(14-23(27)18(20)4)16-28-25(30)12-10-21-9-11-22(26(5,6)7)15-24(21)29-17(2)3/h8-15,17,29H,1,16H2,2-7H3,(H,28,30)/b12-10+. The third-order valence-electron chi connectivity index (χ3n) is 4.91. The van der Waals surface area contributed by atoms with Crippen molar-refractivity contribution >= 4 is 23.7 Å². The van der Waals surface area contributed by atoms with Gasteiger partial charge in [-0.3, -0.25) is 4.79 Å². The molecule has 0 aliphatic rings. The van der Waals surface area contributed by atoms with Gasteiger partial charge in [0.15, 0.2) is 0 Å². The predicted octanol–water partition coefficient (Wildman–Crippen LogP) is 6.22. The average Bonchev–Trinajstić information content (AvgIpc) is 2.66. The van der Waals surface area contributed by atoms with E-state index in [1.165, 1.54) is 17.7 Å². The molecule has 30 heavy (non-hydrogen) atoms. The Bertz CT molecular complexity index is 952. The molecule has 0 radical (unpaired) electrons. The second-order valence-electron chi connectivity index (χ2n) is 8.90. The minimum Gasteiger partial charge on any atom is -0.382 e. The Labute approximate surface area is 180 Å². The molecular weight excluding hydrogens is 375 g/mol. The van der Waals surface area contributed by atoms with Crippen molar-refractivity contribution in [3.8, 4) is 0 Å². The van der Waals surface area contributed by atoms with E-state index in [0.29, 0.717) is 11.1 Å². The third kappa shape index (κ3) is 6.31. The molecule has 160 valence electrons. The van der Waals surface area contributed by atoms with E-state index < -0.39 is 0 Å². The molecule has 0 aliphatic heterocycles. The van der Waals surface area contributed by atoms with E-state index in [0.717, 1.165) is 16.8 Å². The van der Waals surface area contributed by atoms with Gasteiger partial charge < -0.3 is 10.6 Å². The highest BCUT2D eigenvalue weighted by Gasteiger charge is 2.15. The van der Waals surface area contributed by atoms with E-state index in [2.05, 4.69) is 64.0 Å². The Kier molecular flexibility index (Phi) is 7.60. The first-order chi connectivity index (χ1) is 14.0. The Balaban J connectivity index is 2.14. The SMILES string of the molecule is C=Cc1cc(CNC(=O)/C=C/c2ccc(C(C)(C)C)cc2NC(C)C)cc(F)c1C. The van der Waals surface area contributed by atoms with Crippen molar-refractivity contribution in [3.05, 3.63) is 76.6 Å². The summed E-state index contributed by atoms with van der Waals surface area (Å²) >= 11 is 0. The van der Waals surface area contributed by atoms with Gasteiger partial charge in [-0.1, -0.05) is 45.6 Å². The number of benzene rings is 2. The largest absolute Gasteiger partial charge is 0.382 e. The van der Waals surface area contributed by atoms with Gasteiger partial charge in [-0.05, 0) is 78.3 Å². The number of anilines is 1. The quantitative estimate of drug-likeness (QED) is 0.534. The van der Waals surface area contributed by atoms with Crippen LogP contribution >= 0.6 is 0 Å². The van der Waals surface area contributed by atoms with Crippen LogP contribution in [0.5, 0.6) is 0 Å². The number of carbonyl (C=O) groups is 1. The number of hydrogen-bond donors (Lipinski definition) is 2. The zero-order valence-electron chi connectivity index (χ0n) is 18.9. The van der Waals surface area contributed by atoms with Gasteiger partial charge in [-0.15, -0.1) is 0 Å². The molecular formula is C26H33FN2O. The van der Waals surface area contributed by atoms with Gasteiger partial charge in [0.05, 0.1) is 0 Å². The van der Waals surface area contributed by atoms with Crippen LogP contribution in [0.25, 0.3) is 12.2 Å². The van der Waals surface area contributed by atoms with Crippen LogP contribution in [-0.4, -0.2) is 11.9 Å². The summed E-state index contributed by atoms with van der Waals surface area (Å²) in [5.41, 5.74) is 5.21. The lowest BCUT2D eigenvalue weighted by Gasteiger charge is -2.22. The summed E-state index contributed by atoms with van der Waals surface area (Å²) in [6, 6.07) is 9.82. The molecule has 0 unspecified atom stereocenters. The highest BCUT2D eigenvalue weighted by molar-refractivity contribution is 5.92. The zero-order valence-corrected chi connectivity index (χ0v) is 18.9. The highest BCUT2D eigenvalue weighted by Crippen LogP contribution is 2.28. The summed E-state index contributed by atoms with van der Waals surface area (Å²) in [6.07, 6.45) is 4.93. The van der Waals surface area contributed by atoms with Crippen molar-refractivity contribution < 1.29 is 9.18 Å². The van der Waals surface area contributed by atoms with E-state index >= 15 is 0 Å². The predicted molar refractivity (Wildman–Crippen MR) is 126 cm³/mol. The van der Waals surface area contributed by atoms with Crippen molar-refractivity contribution in [1.29, 1.82) is 0 Å². The minimum absolute atomic E-state index is 0.0423. The lowest BCUT2D eigenvalue weighted by atomic mass is 9.86. The first-order valence-corrected chi connectivity index (χ1v) is 10.3. The van der Waals surface area contributed by atoms with Crippen LogP contribution in [-0.2, 0) is 16.8 Å². The zero-order chi connectivity index (χ0) is 22.5. The van der Waals surface area contributed by atoms with Gasteiger partial charge in [-0.25, -0.2) is 4.39 Å². The Morgan fingerprint density at radius 1 is 1.17 bits per heavy atom. The molecule has 0 bridgehead atoms. The van der Waals surface area contributed by atoms with Crippen LogP contribution < -0.4 is 10.6 Å². The Morgan fingerprint density at radius 3 is 2.47 bits per heavy atom. The van der Waals surface area contributed by atoms with Gasteiger partial charge in [0.25, 0.3) is 0 Å². The maximum absolute atomic E-state index is 14.0. The molecule has 0 atom stereocenters. The van der Waals surface area contributed by atoms with Crippen LogP contribution in [0.1, 0.15) is 62.4 Å². The molecule has 2 N–H and O–H groups in total. The number of amides is 1. The van der Waals surface area contributed by atoms with Crippen LogP contribution in [0.15, 0.2) is 43.0 Å². The molecule has 2 aromatic carbocycles. The molecule has 0 heterocycles. The summed E-state index contributed by atoms with van der Waals surface area (Å²) in [5, 5.41) is 6.27. The second-order valence-corrected chi connectivity index (χ2v) is 8.90. The number of carbonyl (C=O) groups excluding carboxylic acids is 1. The smallest absolute Gasteiger partial charge is 0.244 e. The van der Waals surface area contributed by atoms with Crippen molar-refractivity contribution in [2.45, 2.75) is 59.5 Å². The molecule has 0 fully saturated rings. The molecule has 3 nitrogen and oxygen atoms in total. The monoisotopic (exact) mass is 408 g/mol. The van der Waals surface area contributed by atoms with Gasteiger partial charge >= 0.3 is 0 Å². The topological polar surface area (TPSA) is 41.1 Å². The van der Waals surface area contributed by atoms with Crippen LogP contribution in [0, 0.1) is 12.7 Å². The van der Waals surface area contributed by atoms with Gasteiger partial charge in [0.2, 0.25) is 5.91 Å². The molecule has 2 aromatic rings. The summed E-state index contributed by atoms with van der Waals surface area (Å²) in [6.45, 7) is 16.4. The third-order valence-corrected chi connectivity index (χ3v) is 4.91. The number of nitrogens with one attached hydrogen (secondary N) is 2. The summed E-state index contributed by atoms with van der Waals surface area (Å²) < 4.78 is 14.0. The molecule has 0 saturated carbocycles. The summed E-state index contributed by atoms with van der Waals surface area (Å²) in [4.78, 5) is 12.3. The van der Waals surface area contributed by atoms with Gasteiger partial charge in [0, 0.05) is 24.4 Å². The van der Waals surface area contributed by atoms with Crippen molar-refractivity contribution in [1.82, 2.24) is 5.32 Å². The summed E-state index contributed by atoms with van der Waals surface area (Å²) in [5.74, 6) is -0.526. The fraction of sp³-hybridized carbons (Fsp3) is 0.346. The lowest BCUT2D eigenvalue weighted by Crippen LogP contribution is -2.20. The average molecular weight is 409 g/mol. The lowest BCUT2D eigenvalue weighted by molar-refractivity contribution is -0.116. The molecule has 0 spiro atoms. The molecule has 0 aliphatic carbocycles. The fourth-order valence-electron chi connectivity index (χ4n) is 3.09. The molecule has 4 heteroatoms. The highest BCUT2D eigenvalue weighted by atomic mass is 19.1. The van der Waals surface area contributed by atoms with Crippen LogP contribution in [0.2, 0.25) is 0 Å². The summed E-state index contributed by atoms with van der Waals surface area (Å²) in [7, 11) is 0. The van der Waals surface area contributed by atoms with Crippen molar-refractivity contribution in [2.24, 2.45) is 0 Å². The normalized spacial score (nSPS) is 11.7. The first-order valence-electron chi connectivity index (χ1n) is 10.3. The molecule has 1 amide bonds. The van der Waals surface area contributed by atoms with E-state index in [4.69, 9.17) is 0 Å². The first kappa shape index (κ1) is 23.4. The maximum atomic E-state index is 14.0. The van der Waals surface area contributed by atoms with Crippen molar-refractivity contribution in [2.75, 3.05) is 5.32 Å². The minimum atomic E-state index is -0.296. The van der Waals surface area contributed by atoms with Crippen molar-refractivity contribution in [3.63, 3.8) is 0 Å². The number of hydrogen-bond acceptors (Lipinski definition) is 2. The molecule has 0 saturated heterocycles. The second kappa shape index (κ2) is 9.75.